The van der Waals surface area contributed by atoms with E-state index in [1.165, 1.54) is 11.0 Å². The molecule has 4 rings (SSSR count). The van der Waals surface area contributed by atoms with Crippen LogP contribution in [0.15, 0.2) is 24.8 Å². The highest BCUT2D eigenvalue weighted by Gasteiger charge is 2.65. The number of rotatable bonds is 9. The first-order valence-corrected chi connectivity index (χ1v) is 16.5. The minimum atomic E-state index is -4.36. The SMILES string of the molecule is C=C[C@@H]1C[C@]1(NC(=O)[C@@H]1CCCN1C(=O)C(NC(=O)OC1CCCC1)C(C)(C)C)P(=O)(O)Cc1cc(Cl)c(F)cc1F. The van der Waals surface area contributed by atoms with Crippen LogP contribution in [-0.2, 0) is 25.1 Å². The minimum Gasteiger partial charge on any atom is -0.446 e. The molecule has 42 heavy (non-hydrogen) atoms. The van der Waals surface area contributed by atoms with Gasteiger partial charge in [-0.15, -0.1) is 6.58 Å². The number of hydrogen-bond donors (Lipinski definition) is 3. The summed E-state index contributed by atoms with van der Waals surface area (Å²) in [7, 11) is -4.36. The lowest BCUT2D eigenvalue weighted by atomic mass is 9.85. The fraction of sp³-hybridized carbons (Fsp3) is 0.621. The van der Waals surface area contributed by atoms with Gasteiger partial charge < -0.3 is 25.2 Å². The Balaban J connectivity index is 1.50. The third-order valence-corrected chi connectivity index (χ3v) is 11.4. The summed E-state index contributed by atoms with van der Waals surface area (Å²) in [4.78, 5) is 52.7. The van der Waals surface area contributed by atoms with Crippen molar-refractivity contribution in [1.29, 1.82) is 0 Å². The first-order valence-electron chi connectivity index (χ1n) is 14.3. The maximum atomic E-state index is 14.5. The smallest absolute Gasteiger partial charge is 0.408 e. The van der Waals surface area contributed by atoms with E-state index in [2.05, 4.69) is 17.2 Å². The van der Waals surface area contributed by atoms with Crippen LogP contribution in [-0.4, -0.2) is 57.7 Å². The highest BCUT2D eigenvalue weighted by atomic mass is 35.5. The predicted octanol–water partition coefficient (Wildman–Crippen LogP) is 5.48. The van der Waals surface area contributed by atoms with Gasteiger partial charge in [-0.2, -0.15) is 0 Å². The van der Waals surface area contributed by atoms with E-state index in [9.17, 15) is 32.6 Å². The Kier molecular flexibility index (Phi) is 9.46. The van der Waals surface area contributed by atoms with Gasteiger partial charge in [0.25, 0.3) is 0 Å². The van der Waals surface area contributed by atoms with Crippen molar-refractivity contribution in [2.75, 3.05) is 6.54 Å². The molecule has 3 fully saturated rings. The summed E-state index contributed by atoms with van der Waals surface area (Å²) < 4.78 is 47.3. The number of nitrogens with one attached hydrogen (secondary N) is 2. The average Bonchev–Trinajstić information content (AvgIpc) is 3.23. The van der Waals surface area contributed by atoms with E-state index in [1.54, 1.807) is 20.8 Å². The zero-order valence-corrected chi connectivity index (χ0v) is 25.8. The van der Waals surface area contributed by atoms with Gasteiger partial charge in [0.1, 0.15) is 35.1 Å². The highest BCUT2D eigenvalue weighted by Crippen LogP contribution is 2.71. The molecule has 0 radical (unpaired) electrons. The lowest BCUT2D eigenvalue weighted by Crippen LogP contribution is -2.58. The molecule has 1 saturated heterocycles. The number of nitrogens with zero attached hydrogens (tertiary/aromatic N) is 1. The van der Waals surface area contributed by atoms with Gasteiger partial charge in [0.15, 0.2) is 0 Å². The highest BCUT2D eigenvalue weighted by molar-refractivity contribution is 7.59. The lowest BCUT2D eigenvalue weighted by molar-refractivity contribution is -0.142. The molecule has 2 unspecified atom stereocenters. The lowest BCUT2D eigenvalue weighted by Gasteiger charge is -2.36. The van der Waals surface area contributed by atoms with Crippen LogP contribution in [0, 0.1) is 23.0 Å². The second-order valence-electron chi connectivity index (χ2n) is 12.6. The van der Waals surface area contributed by atoms with Gasteiger partial charge in [-0.3, -0.25) is 14.2 Å². The summed E-state index contributed by atoms with van der Waals surface area (Å²) in [6, 6.07) is -0.419. The quantitative estimate of drug-likeness (QED) is 0.189. The van der Waals surface area contributed by atoms with E-state index in [0.29, 0.717) is 18.9 Å². The number of hydrogen-bond acceptors (Lipinski definition) is 5. The molecule has 9 nitrogen and oxygen atoms in total. The molecule has 232 valence electrons. The summed E-state index contributed by atoms with van der Waals surface area (Å²) in [5.41, 5.74) is -0.959. The monoisotopic (exact) mass is 629 g/mol. The Morgan fingerprint density at radius 1 is 1.21 bits per heavy atom. The molecule has 3 N–H and O–H groups in total. The standard InChI is InChI=1S/C29H39ClF2N3O6P/c1-5-18-15-29(18,42(39,40)16-17-13-20(30)22(32)14-21(17)31)34-25(36)23-11-8-12-35(23)26(37)24(28(2,3)4)33-27(38)41-19-9-6-7-10-19/h5,13-14,18-19,23-24H,1,6-12,15-16H2,2-4H3,(H,33,38)(H,34,36)(H,39,40)/t18-,23+,24?,29+/m1/s1. The molecule has 13 heteroatoms. The third-order valence-electron chi connectivity index (χ3n) is 8.50. The van der Waals surface area contributed by atoms with Crippen molar-refractivity contribution in [3.8, 4) is 0 Å². The van der Waals surface area contributed by atoms with Crippen LogP contribution in [0.25, 0.3) is 0 Å². The Bertz CT molecular complexity index is 1300. The van der Waals surface area contributed by atoms with Crippen LogP contribution >= 0.6 is 19.0 Å². The normalized spacial score (nSPS) is 26.3. The fourth-order valence-corrected chi connectivity index (χ4v) is 8.53. The van der Waals surface area contributed by atoms with Crippen molar-refractivity contribution in [2.24, 2.45) is 11.3 Å². The van der Waals surface area contributed by atoms with Crippen molar-refractivity contribution in [1.82, 2.24) is 15.5 Å². The molecular formula is C29H39ClF2N3O6P. The summed E-state index contributed by atoms with van der Waals surface area (Å²) in [6.45, 7) is 9.36. The van der Waals surface area contributed by atoms with Gasteiger partial charge in [0, 0.05) is 18.5 Å². The number of alkyl carbamates (subject to hydrolysis) is 1. The zero-order chi connectivity index (χ0) is 31.0. The Labute approximate surface area is 249 Å². The maximum Gasteiger partial charge on any atom is 0.408 e. The van der Waals surface area contributed by atoms with Crippen molar-refractivity contribution < 1.29 is 37.4 Å². The maximum absolute atomic E-state index is 14.5. The van der Waals surface area contributed by atoms with Gasteiger partial charge in [0.2, 0.25) is 19.2 Å². The van der Waals surface area contributed by atoms with Crippen LogP contribution in [0.5, 0.6) is 0 Å². The molecule has 5 atom stereocenters. The van der Waals surface area contributed by atoms with E-state index in [0.717, 1.165) is 31.7 Å². The van der Waals surface area contributed by atoms with Gasteiger partial charge in [0.05, 0.1) is 11.2 Å². The van der Waals surface area contributed by atoms with Crippen molar-refractivity contribution in [2.45, 2.75) is 95.3 Å². The second-order valence-corrected chi connectivity index (χ2v) is 15.5. The molecule has 1 aliphatic heterocycles. The molecule has 2 saturated carbocycles. The molecule has 3 amide bonds. The number of ether oxygens (including phenoxy) is 1. The Morgan fingerprint density at radius 2 is 1.88 bits per heavy atom. The van der Waals surface area contributed by atoms with Crippen LogP contribution in [0.2, 0.25) is 5.02 Å². The molecule has 2 aliphatic carbocycles. The minimum absolute atomic E-state index is 0.0897. The predicted molar refractivity (Wildman–Crippen MR) is 154 cm³/mol. The average molecular weight is 630 g/mol. The van der Waals surface area contributed by atoms with E-state index < -0.39 is 76.8 Å². The van der Waals surface area contributed by atoms with Gasteiger partial charge in [-0.1, -0.05) is 38.4 Å². The molecule has 1 aromatic carbocycles. The summed E-state index contributed by atoms with van der Waals surface area (Å²) in [6.07, 6.45) is 4.32. The van der Waals surface area contributed by atoms with Crippen LogP contribution < -0.4 is 10.6 Å². The van der Waals surface area contributed by atoms with E-state index in [-0.39, 0.29) is 24.6 Å². The summed E-state index contributed by atoms with van der Waals surface area (Å²) in [5.74, 6) is -3.67. The summed E-state index contributed by atoms with van der Waals surface area (Å²) in [5, 5.41) is 3.40. The van der Waals surface area contributed by atoms with Gasteiger partial charge >= 0.3 is 6.09 Å². The molecule has 1 heterocycles. The van der Waals surface area contributed by atoms with E-state index >= 15 is 0 Å². The molecule has 1 aromatic rings. The number of benzene rings is 1. The molecule has 3 aliphatic rings. The Morgan fingerprint density at radius 3 is 2.48 bits per heavy atom. The third kappa shape index (κ3) is 6.68. The number of amides is 3. The summed E-state index contributed by atoms with van der Waals surface area (Å²) >= 11 is 5.78. The van der Waals surface area contributed by atoms with Crippen LogP contribution in [0.4, 0.5) is 13.6 Å². The Hall–Kier alpha value is -2.49. The molecule has 0 aromatic heterocycles. The second kappa shape index (κ2) is 12.2. The fourth-order valence-electron chi connectivity index (χ4n) is 5.97. The van der Waals surface area contributed by atoms with E-state index in [1.807, 2.05) is 0 Å². The number of likely N-dealkylation sites (tertiary alicyclic amines) is 1. The molecular weight excluding hydrogens is 591 g/mol. The topological polar surface area (TPSA) is 125 Å². The molecule has 0 spiro atoms. The van der Waals surface area contributed by atoms with Crippen LogP contribution in [0.3, 0.4) is 0 Å². The number of halogens is 3. The first kappa shape index (κ1) is 32.4. The van der Waals surface area contributed by atoms with Gasteiger partial charge in [-0.25, -0.2) is 13.6 Å². The zero-order valence-electron chi connectivity index (χ0n) is 24.1. The van der Waals surface area contributed by atoms with Gasteiger partial charge in [-0.05, 0) is 62.0 Å². The van der Waals surface area contributed by atoms with Crippen molar-refractivity contribution in [3.63, 3.8) is 0 Å². The van der Waals surface area contributed by atoms with Crippen LogP contribution in [0.1, 0.15) is 71.3 Å². The number of carbonyl (C=O) groups excluding carboxylic acids is 3. The van der Waals surface area contributed by atoms with Crippen molar-refractivity contribution in [3.05, 3.63) is 47.0 Å². The molecule has 0 bridgehead atoms. The van der Waals surface area contributed by atoms with E-state index in [4.69, 9.17) is 16.3 Å². The largest absolute Gasteiger partial charge is 0.446 e. The van der Waals surface area contributed by atoms with Crippen molar-refractivity contribution >= 4 is 36.9 Å². The first-order chi connectivity index (χ1) is 19.6. The number of carbonyl (C=O) groups is 3.